The minimum Gasteiger partial charge on any atom is -0.494 e. The molecule has 0 spiro atoms. The number of amides is 1. The summed E-state index contributed by atoms with van der Waals surface area (Å²) in [6, 6.07) is 7.47. The van der Waals surface area contributed by atoms with E-state index in [4.69, 9.17) is 18.9 Å². The molecule has 0 fully saturated rings. The van der Waals surface area contributed by atoms with Gasteiger partial charge in [-0.05, 0) is 71.6 Å². The summed E-state index contributed by atoms with van der Waals surface area (Å²) in [6.45, 7) is 11.3. The van der Waals surface area contributed by atoms with Crippen molar-refractivity contribution in [2.75, 3.05) is 19.8 Å². The maximum atomic E-state index is 13.0. The topological polar surface area (TPSA) is 100 Å². The third-order valence-electron chi connectivity index (χ3n) is 5.19. The number of nitrogens with one attached hydrogen (secondary N) is 1. The van der Waals surface area contributed by atoms with E-state index in [-0.39, 0.29) is 19.6 Å². The lowest BCUT2D eigenvalue weighted by Crippen LogP contribution is -2.62. The zero-order chi connectivity index (χ0) is 26.3. The summed E-state index contributed by atoms with van der Waals surface area (Å²) in [4.78, 5) is 38.5. The second-order valence-corrected chi connectivity index (χ2v) is 9.38. The summed E-state index contributed by atoms with van der Waals surface area (Å²) in [5.74, 6) is -1.00. The van der Waals surface area contributed by atoms with Crippen molar-refractivity contribution in [1.82, 2.24) is 5.32 Å². The maximum Gasteiger partial charge on any atom is 0.409 e. The molecule has 0 atom stereocenters. The van der Waals surface area contributed by atoms with Gasteiger partial charge in [0.15, 0.2) is 0 Å². The molecule has 1 aromatic carbocycles. The van der Waals surface area contributed by atoms with Crippen molar-refractivity contribution in [3.8, 4) is 5.75 Å². The van der Waals surface area contributed by atoms with Gasteiger partial charge in [0.1, 0.15) is 11.4 Å². The smallest absolute Gasteiger partial charge is 0.409 e. The van der Waals surface area contributed by atoms with Crippen LogP contribution >= 0.6 is 0 Å². The molecule has 1 N–H and O–H groups in total. The molecule has 0 saturated carbocycles. The van der Waals surface area contributed by atoms with E-state index in [9.17, 15) is 14.4 Å². The minimum absolute atomic E-state index is 0.0421. The Hall–Kier alpha value is -2.77. The van der Waals surface area contributed by atoms with Crippen LogP contribution in [0.25, 0.3) is 0 Å². The predicted molar refractivity (Wildman–Crippen MR) is 134 cm³/mol. The van der Waals surface area contributed by atoms with E-state index >= 15 is 0 Å². The number of unbranched alkanes of at least 4 members (excludes halogenated alkanes) is 4. The second-order valence-electron chi connectivity index (χ2n) is 9.38. The van der Waals surface area contributed by atoms with Crippen molar-refractivity contribution < 1.29 is 33.3 Å². The Morgan fingerprint density at radius 2 is 1.40 bits per heavy atom. The second kappa shape index (κ2) is 15.3. The van der Waals surface area contributed by atoms with Crippen LogP contribution in [0.1, 0.15) is 85.6 Å². The van der Waals surface area contributed by atoms with E-state index in [1.54, 1.807) is 34.6 Å². The largest absolute Gasteiger partial charge is 0.494 e. The fraction of sp³-hybridized carbons (Fsp3) is 0.667. The molecule has 1 aromatic rings. The van der Waals surface area contributed by atoms with Gasteiger partial charge in [-0.3, -0.25) is 5.32 Å². The van der Waals surface area contributed by atoms with Crippen LogP contribution < -0.4 is 10.1 Å². The Morgan fingerprint density at radius 1 is 0.829 bits per heavy atom. The number of hydrogen-bond donors (Lipinski definition) is 1. The van der Waals surface area contributed by atoms with Crippen LogP contribution in [-0.2, 0) is 30.2 Å². The zero-order valence-corrected chi connectivity index (χ0v) is 22.2. The van der Waals surface area contributed by atoms with Crippen LogP contribution in [0.4, 0.5) is 4.79 Å². The van der Waals surface area contributed by atoms with Crippen molar-refractivity contribution in [2.24, 2.45) is 0 Å². The van der Waals surface area contributed by atoms with Crippen LogP contribution in [0.5, 0.6) is 5.75 Å². The van der Waals surface area contributed by atoms with Gasteiger partial charge in [0.25, 0.3) is 0 Å². The molecule has 0 aromatic heterocycles. The number of esters is 2. The Morgan fingerprint density at radius 3 is 1.91 bits per heavy atom. The van der Waals surface area contributed by atoms with Crippen LogP contribution in [0, 0.1) is 0 Å². The first-order valence-electron chi connectivity index (χ1n) is 12.6. The van der Waals surface area contributed by atoms with Gasteiger partial charge in [0, 0.05) is 0 Å². The van der Waals surface area contributed by atoms with Crippen molar-refractivity contribution in [3.05, 3.63) is 29.8 Å². The molecule has 0 unspecified atom stereocenters. The predicted octanol–water partition coefficient (Wildman–Crippen LogP) is 5.36. The Bertz CT molecular complexity index is 766. The Labute approximate surface area is 210 Å². The number of rotatable bonds is 15. The molecule has 8 nitrogen and oxygen atoms in total. The van der Waals surface area contributed by atoms with Gasteiger partial charge in [-0.1, -0.05) is 44.7 Å². The summed E-state index contributed by atoms with van der Waals surface area (Å²) < 4.78 is 21.4. The third-order valence-corrected chi connectivity index (χ3v) is 5.19. The number of carbonyl (C=O) groups is 3. The average molecular weight is 494 g/mol. The summed E-state index contributed by atoms with van der Waals surface area (Å²) in [5.41, 5.74) is -1.98. The molecule has 8 heteroatoms. The van der Waals surface area contributed by atoms with Gasteiger partial charge in [-0.15, -0.1) is 0 Å². The first kappa shape index (κ1) is 30.3. The number of benzene rings is 1. The highest BCUT2D eigenvalue weighted by Crippen LogP contribution is 2.22. The summed E-state index contributed by atoms with van der Waals surface area (Å²) >= 11 is 0. The first-order chi connectivity index (χ1) is 16.6. The molecule has 0 heterocycles. The van der Waals surface area contributed by atoms with Gasteiger partial charge in [-0.2, -0.15) is 0 Å². The van der Waals surface area contributed by atoms with E-state index in [2.05, 4.69) is 12.2 Å². The highest BCUT2D eigenvalue weighted by molar-refractivity contribution is 6.07. The zero-order valence-electron chi connectivity index (χ0n) is 22.2. The van der Waals surface area contributed by atoms with Crippen molar-refractivity contribution in [3.63, 3.8) is 0 Å². The molecule has 0 aliphatic carbocycles. The number of aryl methyl sites for hydroxylation is 1. The van der Waals surface area contributed by atoms with Crippen LogP contribution in [0.3, 0.4) is 0 Å². The molecular weight excluding hydrogens is 450 g/mol. The molecule has 0 bridgehead atoms. The van der Waals surface area contributed by atoms with E-state index in [1.807, 2.05) is 24.3 Å². The highest BCUT2D eigenvalue weighted by atomic mass is 16.6. The van der Waals surface area contributed by atoms with Gasteiger partial charge < -0.3 is 18.9 Å². The maximum absolute atomic E-state index is 13.0. The van der Waals surface area contributed by atoms with E-state index in [0.29, 0.717) is 13.0 Å². The Balaban J connectivity index is 2.94. The summed E-state index contributed by atoms with van der Waals surface area (Å²) in [7, 11) is 0. The Kier molecular flexibility index (Phi) is 13.2. The van der Waals surface area contributed by atoms with Crippen LogP contribution in [-0.4, -0.2) is 49.0 Å². The van der Waals surface area contributed by atoms with Gasteiger partial charge in [0.05, 0.1) is 19.8 Å². The molecule has 0 aliphatic heterocycles. The van der Waals surface area contributed by atoms with Gasteiger partial charge in [0.2, 0.25) is 5.54 Å². The quantitative estimate of drug-likeness (QED) is 0.152. The first-order valence-corrected chi connectivity index (χ1v) is 12.6. The number of alkyl carbamates (subject to hydrolysis) is 1. The molecule has 0 radical (unpaired) electrons. The number of ether oxygens (including phenoxy) is 4. The monoisotopic (exact) mass is 493 g/mol. The molecule has 0 aliphatic rings. The molecule has 198 valence electrons. The highest BCUT2D eigenvalue weighted by Gasteiger charge is 2.51. The SMILES string of the molecule is CCCCCCCOc1ccc(CCC(NC(=O)OC(C)(C)C)(C(=O)OCC)C(=O)OCC)cc1. The number of hydrogen-bond acceptors (Lipinski definition) is 7. The van der Waals surface area contributed by atoms with Crippen molar-refractivity contribution in [2.45, 2.75) is 97.6 Å². The molecule has 35 heavy (non-hydrogen) atoms. The minimum atomic E-state index is -2.03. The average Bonchev–Trinajstić information content (AvgIpc) is 2.78. The lowest BCUT2D eigenvalue weighted by molar-refractivity contribution is -0.166. The molecule has 0 saturated heterocycles. The number of carbonyl (C=O) groups excluding carboxylic acids is 3. The molecule has 1 amide bonds. The summed E-state index contributed by atoms with van der Waals surface area (Å²) in [6.07, 6.45) is 5.20. The molecular formula is C27H43NO7. The molecule has 1 rings (SSSR count). The third kappa shape index (κ3) is 11.0. The van der Waals surface area contributed by atoms with Crippen molar-refractivity contribution in [1.29, 1.82) is 0 Å². The summed E-state index contributed by atoms with van der Waals surface area (Å²) in [5, 5.41) is 2.45. The van der Waals surface area contributed by atoms with Gasteiger partial charge >= 0.3 is 18.0 Å². The standard InChI is InChI=1S/C27H43NO7/c1-7-10-11-12-13-20-34-22-16-14-21(15-17-22)18-19-27(23(29)32-8-2,24(30)33-9-3)28-25(31)35-26(4,5)6/h14-17H,7-13,18-20H2,1-6H3,(H,28,31). The lowest BCUT2D eigenvalue weighted by Gasteiger charge is -2.31. The normalized spacial score (nSPS) is 11.5. The van der Waals surface area contributed by atoms with Crippen molar-refractivity contribution >= 4 is 18.0 Å². The van der Waals surface area contributed by atoms with E-state index < -0.39 is 29.2 Å². The fourth-order valence-corrected chi connectivity index (χ4v) is 3.42. The van der Waals surface area contributed by atoms with Crippen LogP contribution in [0.15, 0.2) is 24.3 Å². The lowest BCUT2D eigenvalue weighted by atomic mass is 9.91. The van der Waals surface area contributed by atoms with E-state index in [1.165, 1.54) is 19.3 Å². The van der Waals surface area contributed by atoms with Gasteiger partial charge in [-0.25, -0.2) is 14.4 Å². The van der Waals surface area contributed by atoms with Crippen LogP contribution in [0.2, 0.25) is 0 Å². The fourth-order valence-electron chi connectivity index (χ4n) is 3.42. The van der Waals surface area contributed by atoms with E-state index in [0.717, 1.165) is 24.2 Å².